The minimum Gasteiger partial charge on any atom is -0.120 e. The van der Waals surface area contributed by atoms with E-state index in [1.807, 2.05) is 0 Å². The van der Waals surface area contributed by atoms with Crippen molar-refractivity contribution in [3.05, 3.63) is 0 Å². The van der Waals surface area contributed by atoms with Crippen LogP contribution < -0.4 is 0 Å². The molecule has 0 amide bonds. The van der Waals surface area contributed by atoms with E-state index in [9.17, 15) is 0 Å². The van der Waals surface area contributed by atoms with Crippen LogP contribution in [-0.4, -0.2) is 23.6 Å². The third-order valence-electron chi connectivity index (χ3n) is 1.50. The molecule has 0 aromatic heterocycles. The summed E-state index contributed by atoms with van der Waals surface area (Å²) in [7, 11) is 2.13. The molecule has 0 saturated carbocycles. The molecule has 0 aliphatic carbocycles. The van der Waals surface area contributed by atoms with Gasteiger partial charge in [-0.25, -0.2) is 0 Å². The molecule has 2 unspecified atom stereocenters. The van der Waals surface area contributed by atoms with Crippen LogP contribution in [0.2, 0.25) is 0 Å². The van der Waals surface area contributed by atoms with Gasteiger partial charge in [-0.2, -0.15) is 0 Å². The van der Waals surface area contributed by atoms with Gasteiger partial charge < -0.3 is 0 Å². The smallest absolute Gasteiger partial charge is 0 e. The van der Waals surface area contributed by atoms with Crippen molar-refractivity contribution < 1.29 is 19.5 Å². The van der Waals surface area contributed by atoms with E-state index >= 15 is 0 Å². The molecule has 0 aromatic rings. The van der Waals surface area contributed by atoms with Gasteiger partial charge >= 0.3 is 0 Å². The number of hydrogen-bond donors (Lipinski definition) is 0. The Labute approximate surface area is 109 Å². The minimum atomic E-state index is 0. The Bertz CT molecular complexity index is 86.8. The first kappa shape index (κ1) is 24.6. The van der Waals surface area contributed by atoms with Gasteiger partial charge in [0.25, 0.3) is 0 Å². The van der Waals surface area contributed by atoms with Gasteiger partial charge in [0.05, 0.1) is 0 Å². The molecule has 0 N–H and O–H groups in total. The molecule has 0 aromatic carbocycles. The van der Waals surface area contributed by atoms with Crippen LogP contribution in [0.4, 0.5) is 0 Å². The second-order valence-corrected chi connectivity index (χ2v) is 9.00. The maximum atomic E-state index is 2.26. The Kier molecular flexibility index (Phi) is 19.3. The molecule has 0 heterocycles. The van der Waals surface area contributed by atoms with Gasteiger partial charge in [0.2, 0.25) is 0 Å². The molecule has 0 spiro atoms. The van der Waals surface area contributed by atoms with Gasteiger partial charge in [0, 0.05) is 19.5 Å². The van der Waals surface area contributed by atoms with Crippen molar-refractivity contribution >= 4 is 17.2 Å². The molecule has 0 fully saturated rings. The van der Waals surface area contributed by atoms with Crippen molar-refractivity contribution in [1.82, 2.24) is 0 Å². The molecule has 0 bridgehead atoms. The molecule has 14 heavy (non-hydrogen) atoms. The standard InChI is InChI=1S/2C5H13P.CH4.Rh/c2*1-5(2,3)6-4;;/h2*6H,1-4H3;1H4;. The minimum absolute atomic E-state index is 0. The maximum absolute atomic E-state index is 2.26. The molecular weight excluding hydrogens is 297 g/mol. The van der Waals surface area contributed by atoms with E-state index in [0.29, 0.717) is 10.3 Å². The zero-order valence-electron chi connectivity index (χ0n) is 10.3. The molecule has 0 nitrogen and oxygen atoms in total. The van der Waals surface area contributed by atoms with Gasteiger partial charge in [-0.3, -0.25) is 0 Å². The average molecular weight is 327 g/mol. The summed E-state index contributed by atoms with van der Waals surface area (Å²) in [6, 6.07) is 0. The van der Waals surface area contributed by atoms with Crippen molar-refractivity contribution in [3.8, 4) is 0 Å². The zero-order valence-corrected chi connectivity index (χ0v) is 14.0. The summed E-state index contributed by atoms with van der Waals surface area (Å²) in [4.78, 5) is 0. The Balaban J connectivity index is -0.0000000625. The molecule has 93 valence electrons. The fourth-order valence-electron chi connectivity index (χ4n) is 0. The number of hydrogen-bond acceptors (Lipinski definition) is 0. The average Bonchev–Trinajstić information content (AvgIpc) is 1.86. The van der Waals surface area contributed by atoms with E-state index in [4.69, 9.17) is 0 Å². The summed E-state index contributed by atoms with van der Waals surface area (Å²) in [6.07, 6.45) is 0. The summed E-state index contributed by atoms with van der Waals surface area (Å²) in [5.74, 6) is 0. The first-order valence-electron chi connectivity index (χ1n) is 4.50. The molecule has 0 aliphatic heterocycles. The van der Waals surface area contributed by atoms with Crippen LogP contribution in [0.15, 0.2) is 0 Å². The second-order valence-electron chi connectivity index (χ2n) is 5.00. The van der Waals surface area contributed by atoms with Crippen LogP contribution in [0.3, 0.4) is 0 Å². The van der Waals surface area contributed by atoms with E-state index in [-0.39, 0.29) is 26.9 Å². The van der Waals surface area contributed by atoms with Crippen molar-refractivity contribution in [1.29, 1.82) is 0 Å². The monoisotopic (exact) mass is 327 g/mol. The Morgan fingerprint density at radius 2 is 0.714 bits per heavy atom. The van der Waals surface area contributed by atoms with Crippen LogP contribution in [-0.2, 0) is 19.5 Å². The van der Waals surface area contributed by atoms with Gasteiger partial charge in [0.1, 0.15) is 0 Å². The van der Waals surface area contributed by atoms with Crippen LogP contribution in [0.5, 0.6) is 0 Å². The topological polar surface area (TPSA) is 0 Å². The first-order chi connectivity index (χ1) is 5.12. The largest absolute Gasteiger partial charge is 0.120 e. The quantitative estimate of drug-likeness (QED) is 0.442. The predicted octanol–water partition coefficient (Wildman–Crippen LogP) is 4.82. The molecule has 2 atom stereocenters. The van der Waals surface area contributed by atoms with Gasteiger partial charge in [0.15, 0.2) is 0 Å². The summed E-state index contributed by atoms with van der Waals surface area (Å²) < 4.78 is 0. The van der Waals surface area contributed by atoms with Gasteiger partial charge in [-0.05, 0) is 23.6 Å². The Morgan fingerprint density at radius 1 is 0.643 bits per heavy atom. The van der Waals surface area contributed by atoms with Crippen LogP contribution in [0, 0.1) is 0 Å². The van der Waals surface area contributed by atoms with E-state index in [2.05, 4.69) is 54.9 Å². The SMILES string of the molecule is C.CPC(C)(C)C.CPC(C)(C)C.[Rh]. The second kappa shape index (κ2) is 11.0. The van der Waals surface area contributed by atoms with Crippen LogP contribution in [0.25, 0.3) is 0 Å². The zero-order chi connectivity index (χ0) is 10.4. The molecule has 0 rings (SSSR count). The van der Waals surface area contributed by atoms with Crippen molar-refractivity contribution in [3.63, 3.8) is 0 Å². The predicted molar refractivity (Wildman–Crippen MR) is 74.7 cm³/mol. The number of rotatable bonds is 0. The van der Waals surface area contributed by atoms with Crippen LogP contribution in [0.1, 0.15) is 49.0 Å². The van der Waals surface area contributed by atoms with Gasteiger partial charge in [-0.1, -0.05) is 49.0 Å². The Hall–Kier alpha value is 1.48. The fraction of sp³-hybridized carbons (Fsp3) is 1.00. The maximum Gasteiger partial charge on any atom is 0 e. The molecular formula is C11H30P2Rh. The van der Waals surface area contributed by atoms with Crippen molar-refractivity contribution in [2.75, 3.05) is 13.3 Å². The van der Waals surface area contributed by atoms with E-state index in [1.165, 1.54) is 0 Å². The Morgan fingerprint density at radius 3 is 0.714 bits per heavy atom. The third kappa shape index (κ3) is 37.5. The van der Waals surface area contributed by atoms with E-state index in [1.54, 1.807) is 0 Å². The molecule has 3 heteroatoms. The summed E-state index contributed by atoms with van der Waals surface area (Å²) in [5.41, 5.74) is 0. The molecule has 1 radical (unpaired) electrons. The normalized spacial score (nSPS) is 12.0. The first-order valence-corrected chi connectivity index (χ1v) is 7.50. The van der Waals surface area contributed by atoms with E-state index in [0.717, 1.165) is 17.2 Å². The van der Waals surface area contributed by atoms with Crippen molar-refractivity contribution in [2.24, 2.45) is 0 Å². The van der Waals surface area contributed by atoms with E-state index < -0.39 is 0 Å². The fourth-order valence-corrected chi connectivity index (χ4v) is 0. The van der Waals surface area contributed by atoms with Crippen molar-refractivity contribution in [2.45, 2.75) is 59.3 Å². The summed E-state index contributed by atoms with van der Waals surface area (Å²) in [6.45, 7) is 18.0. The summed E-state index contributed by atoms with van der Waals surface area (Å²) in [5, 5.41) is 1.14. The molecule has 0 saturated heterocycles. The molecule has 0 aliphatic rings. The third-order valence-corrected chi connectivity index (χ3v) is 4.50. The van der Waals surface area contributed by atoms with Gasteiger partial charge in [-0.15, -0.1) is 17.2 Å². The summed E-state index contributed by atoms with van der Waals surface area (Å²) >= 11 is 0. The van der Waals surface area contributed by atoms with Crippen LogP contribution >= 0.6 is 17.2 Å².